The Labute approximate surface area is 151 Å². The lowest BCUT2D eigenvalue weighted by Gasteiger charge is -2.10. The molecule has 3 aromatic rings. The van der Waals surface area contributed by atoms with E-state index in [0.29, 0.717) is 11.0 Å². The summed E-state index contributed by atoms with van der Waals surface area (Å²) in [6, 6.07) is 7.62. The highest BCUT2D eigenvalue weighted by Crippen LogP contribution is 2.29. The van der Waals surface area contributed by atoms with Crippen molar-refractivity contribution in [1.29, 1.82) is 0 Å². The van der Waals surface area contributed by atoms with Crippen LogP contribution in [0.15, 0.2) is 41.6 Å². The summed E-state index contributed by atoms with van der Waals surface area (Å²) in [6.45, 7) is 3.69. The number of carbonyl (C=O) groups excluding carboxylic acids is 1. The highest BCUT2D eigenvalue weighted by molar-refractivity contribution is 5.92. The van der Waals surface area contributed by atoms with E-state index in [1.807, 2.05) is 44.3 Å². The first-order valence-corrected chi connectivity index (χ1v) is 8.39. The third kappa shape index (κ3) is 3.33. The Bertz CT molecular complexity index is 1020. The summed E-state index contributed by atoms with van der Waals surface area (Å²) in [6.07, 6.45) is 3.29. The molecule has 0 aliphatic rings. The van der Waals surface area contributed by atoms with Crippen LogP contribution in [0, 0.1) is 0 Å². The van der Waals surface area contributed by atoms with Crippen molar-refractivity contribution in [2.75, 3.05) is 7.11 Å². The zero-order valence-corrected chi connectivity index (χ0v) is 15.3. The lowest BCUT2D eigenvalue weighted by molar-refractivity contribution is -0.122. The number of carbonyl (C=O) groups is 1. The Morgan fingerprint density at radius 1 is 1.35 bits per heavy atom. The van der Waals surface area contributed by atoms with Gasteiger partial charge in [-0.05, 0) is 31.5 Å². The number of aromatic nitrogens is 3. The lowest BCUT2D eigenvalue weighted by Crippen LogP contribution is -2.36. The standard InChI is InChI=1S/C19H22N4O3/c1-12(2)21-16(24)10-23-11-20-17-15(9-22(3)18(17)19(23)25)13-6-5-7-14(8-13)26-4/h5-9,11-12H,10H2,1-4H3,(H,21,24). The van der Waals surface area contributed by atoms with Crippen LogP contribution in [0.25, 0.3) is 22.2 Å². The summed E-state index contributed by atoms with van der Waals surface area (Å²) in [5, 5.41) is 2.78. The molecule has 0 bridgehead atoms. The van der Waals surface area contributed by atoms with Crippen molar-refractivity contribution in [3.63, 3.8) is 0 Å². The monoisotopic (exact) mass is 354 g/mol. The molecule has 1 amide bonds. The first-order valence-electron chi connectivity index (χ1n) is 8.39. The maximum Gasteiger partial charge on any atom is 0.278 e. The van der Waals surface area contributed by atoms with Gasteiger partial charge >= 0.3 is 0 Å². The lowest BCUT2D eigenvalue weighted by atomic mass is 10.1. The van der Waals surface area contributed by atoms with Crippen LogP contribution in [0.3, 0.4) is 0 Å². The van der Waals surface area contributed by atoms with E-state index in [4.69, 9.17) is 4.74 Å². The van der Waals surface area contributed by atoms with E-state index in [0.717, 1.165) is 16.9 Å². The number of methoxy groups -OCH3 is 1. The van der Waals surface area contributed by atoms with Crippen molar-refractivity contribution in [2.45, 2.75) is 26.4 Å². The number of ether oxygens (including phenoxy) is 1. The average molecular weight is 354 g/mol. The van der Waals surface area contributed by atoms with Gasteiger partial charge in [0.05, 0.1) is 13.4 Å². The fraction of sp³-hybridized carbons (Fsp3) is 0.316. The highest BCUT2D eigenvalue weighted by Gasteiger charge is 2.16. The molecule has 26 heavy (non-hydrogen) atoms. The van der Waals surface area contributed by atoms with Crippen molar-refractivity contribution in [1.82, 2.24) is 19.4 Å². The minimum atomic E-state index is -0.245. The fourth-order valence-electron chi connectivity index (χ4n) is 2.95. The van der Waals surface area contributed by atoms with Gasteiger partial charge in [-0.2, -0.15) is 0 Å². The second kappa shape index (κ2) is 7.03. The van der Waals surface area contributed by atoms with Gasteiger partial charge in [-0.15, -0.1) is 0 Å². The molecule has 0 radical (unpaired) electrons. The molecule has 1 N–H and O–H groups in total. The number of nitrogens with one attached hydrogen (secondary N) is 1. The predicted molar refractivity (Wildman–Crippen MR) is 100 cm³/mol. The molecule has 0 saturated carbocycles. The van der Waals surface area contributed by atoms with Gasteiger partial charge in [0.25, 0.3) is 5.56 Å². The first kappa shape index (κ1) is 17.7. The van der Waals surface area contributed by atoms with Gasteiger partial charge in [0.1, 0.15) is 23.3 Å². The van der Waals surface area contributed by atoms with Crippen molar-refractivity contribution in [2.24, 2.45) is 7.05 Å². The Balaban J connectivity index is 2.06. The van der Waals surface area contributed by atoms with E-state index >= 15 is 0 Å². The second-order valence-electron chi connectivity index (χ2n) is 6.48. The summed E-state index contributed by atoms with van der Waals surface area (Å²) >= 11 is 0. The Hall–Kier alpha value is -3.09. The normalized spacial score (nSPS) is 11.1. The number of fused-ring (bicyclic) bond motifs is 1. The number of aryl methyl sites for hydroxylation is 1. The zero-order valence-electron chi connectivity index (χ0n) is 15.3. The molecular formula is C19H22N4O3. The Kier molecular flexibility index (Phi) is 4.79. The van der Waals surface area contributed by atoms with Crippen LogP contribution in [-0.4, -0.2) is 33.2 Å². The molecule has 0 aliphatic heterocycles. The largest absolute Gasteiger partial charge is 0.497 e. The fourth-order valence-corrected chi connectivity index (χ4v) is 2.95. The minimum Gasteiger partial charge on any atom is -0.497 e. The number of amides is 1. The Morgan fingerprint density at radius 2 is 2.12 bits per heavy atom. The number of nitrogens with zero attached hydrogens (tertiary/aromatic N) is 3. The predicted octanol–water partition coefficient (Wildman–Crippen LogP) is 1.94. The molecule has 0 unspecified atom stereocenters. The van der Waals surface area contributed by atoms with E-state index in [1.165, 1.54) is 10.9 Å². The van der Waals surface area contributed by atoms with Crippen LogP contribution in [0.2, 0.25) is 0 Å². The number of rotatable bonds is 5. The van der Waals surface area contributed by atoms with Gasteiger partial charge in [-0.25, -0.2) is 4.98 Å². The maximum atomic E-state index is 12.8. The van der Waals surface area contributed by atoms with Gasteiger partial charge in [0.15, 0.2) is 0 Å². The first-order chi connectivity index (χ1) is 12.4. The zero-order chi connectivity index (χ0) is 18.8. The molecule has 7 heteroatoms. The van der Waals surface area contributed by atoms with Crippen molar-refractivity contribution in [3.8, 4) is 16.9 Å². The van der Waals surface area contributed by atoms with Gasteiger partial charge in [0, 0.05) is 24.8 Å². The molecular weight excluding hydrogens is 332 g/mol. The van der Waals surface area contributed by atoms with Gasteiger partial charge < -0.3 is 14.6 Å². The Morgan fingerprint density at radius 3 is 2.81 bits per heavy atom. The summed E-state index contributed by atoms with van der Waals surface area (Å²) < 4.78 is 8.35. The molecule has 7 nitrogen and oxygen atoms in total. The third-order valence-electron chi connectivity index (χ3n) is 4.09. The third-order valence-corrected chi connectivity index (χ3v) is 4.09. The number of hydrogen-bond donors (Lipinski definition) is 1. The maximum absolute atomic E-state index is 12.8. The molecule has 2 heterocycles. The number of hydrogen-bond acceptors (Lipinski definition) is 4. The van der Waals surface area contributed by atoms with Crippen LogP contribution in [0.1, 0.15) is 13.8 Å². The van der Waals surface area contributed by atoms with Crippen molar-refractivity contribution < 1.29 is 9.53 Å². The van der Waals surface area contributed by atoms with Crippen LogP contribution in [-0.2, 0) is 18.4 Å². The molecule has 3 rings (SSSR count). The molecule has 1 aromatic carbocycles. The topological polar surface area (TPSA) is 78.1 Å². The SMILES string of the molecule is COc1cccc(-c2cn(C)c3c(=O)n(CC(=O)NC(C)C)cnc23)c1. The highest BCUT2D eigenvalue weighted by atomic mass is 16.5. The van der Waals surface area contributed by atoms with Crippen LogP contribution in [0.5, 0.6) is 5.75 Å². The van der Waals surface area contributed by atoms with E-state index in [2.05, 4.69) is 10.3 Å². The molecule has 0 saturated heterocycles. The summed E-state index contributed by atoms with van der Waals surface area (Å²) in [5.74, 6) is 0.517. The van der Waals surface area contributed by atoms with Crippen molar-refractivity contribution in [3.05, 3.63) is 47.1 Å². The van der Waals surface area contributed by atoms with Gasteiger partial charge in [-0.1, -0.05) is 12.1 Å². The summed E-state index contributed by atoms with van der Waals surface area (Å²) in [5.41, 5.74) is 2.58. The molecule has 136 valence electrons. The quantitative estimate of drug-likeness (QED) is 0.759. The smallest absolute Gasteiger partial charge is 0.278 e. The van der Waals surface area contributed by atoms with Gasteiger partial charge in [0.2, 0.25) is 5.91 Å². The second-order valence-corrected chi connectivity index (χ2v) is 6.48. The molecule has 0 spiro atoms. The average Bonchev–Trinajstić information content (AvgIpc) is 2.94. The molecule has 2 aromatic heterocycles. The molecule has 0 atom stereocenters. The van der Waals surface area contributed by atoms with E-state index in [9.17, 15) is 9.59 Å². The molecule has 0 fully saturated rings. The number of benzene rings is 1. The van der Waals surface area contributed by atoms with E-state index in [1.54, 1.807) is 18.7 Å². The van der Waals surface area contributed by atoms with E-state index < -0.39 is 0 Å². The molecule has 0 aliphatic carbocycles. The van der Waals surface area contributed by atoms with Crippen molar-refractivity contribution >= 4 is 16.9 Å². The van der Waals surface area contributed by atoms with Crippen LogP contribution in [0.4, 0.5) is 0 Å². The van der Waals surface area contributed by atoms with Gasteiger partial charge in [-0.3, -0.25) is 14.2 Å². The van der Waals surface area contributed by atoms with Crippen LogP contribution < -0.4 is 15.6 Å². The summed E-state index contributed by atoms with van der Waals surface area (Å²) in [4.78, 5) is 29.3. The minimum absolute atomic E-state index is 0.0181. The summed E-state index contributed by atoms with van der Waals surface area (Å²) in [7, 11) is 3.41. The van der Waals surface area contributed by atoms with Crippen LogP contribution >= 0.6 is 0 Å². The van der Waals surface area contributed by atoms with E-state index in [-0.39, 0.29) is 24.1 Å².